The first-order chi connectivity index (χ1) is 13.9. The normalized spacial score (nSPS) is 17.8. The molecular weight excluding hydrogens is 405 g/mol. The number of hydrogen-bond acceptors (Lipinski definition) is 4. The summed E-state index contributed by atoms with van der Waals surface area (Å²) >= 11 is 0. The Morgan fingerprint density at radius 3 is 2.30 bits per heavy atom. The fourth-order valence-electron chi connectivity index (χ4n) is 3.87. The highest BCUT2D eigenvalue weighted by Crippen LogP contribution is 2.29. The number of carbonyl (C=O) groups is 1. The minimum atomic E-state index is -3.20. The standard InChI is InChI=1S/C22H36FN3O3S/c1-6-30(28,29)25(5)19-11-13-26(14-12-19)16-21(27)24-20(15-22(2,3)4)17-7-9-18(23)10-8-17/h7-10,19-20H,6,11-16H2,1-5H3,(H,24,27). The number of halogens is 1. The fourth-order valence-corrected chi connectivity index (χ4v) is 4.95. The van der Waals surface area contributed by atoms with E-state index in [1.807, 2.05) is 0 Å². The van der Waals surface area contributed by atoms with Crippen molar-refractivity contribution in [2.24, 2.45) is 5.41 Å². The number of amides is 1. The van der Waals surface area contributed by atoms with E-state index in [9.17, 15) is 17.6 Å². The number of likely N-dealkylation sites (tertiary alicyclic amines) is 1. The number of rotatable bonds is 8. The van der Waals surface area contributed by atoms with Gasteiger partial charge in [-0.1, -0.05) is 32.9 Å². The van der Waals surface area contributed by atoms with Crippen LogP contribution in [0.5, 0.6) is 0 Å². The molecule has 1 aliphatic heterocycles. The van der Waals surface area contributed by atoms with E-state index in [2.05, 4.69) is 31.0 Å². The highest BCUT2D eigenvalue weighted by molar-refractivity contribution is 7.89. The Morgan fingerprint density at radius 2 is 1.80 bits per heavy atom. The van der Waals surface area contributed by atoms with Gasteiger partial charge in [-0.25, -0.2) is 17.1 Å². The molecule has 1 saturated heterocycles. The molecule has 0 aromatic heterocycles. The average Bonchev–Trinajstić information content (AvgIpc) is 2.67. The van der Waals surface area contributed by atoms with Gasteiger partial charge in [-0.3, -0.25) is 9.69 Å². The zero-order valence-corrected chi connectivity index (χ0v) is 19.6. The third-order valence-corrected chi connectivity index (χ3v) is 7.57. The number of nitrogens with one attached hydrogen (secondary N) is 1. The van der Waals surface area contributed by atoms with Crippen LogP contribution in [0.1, 0.15) is 58.6 Å². The van der Waals surface area contributed by atoms with Crippen molar-refractivity contribution >= 4 is 15.9 Å². The second-order valence-corrected chi connectivity index (χ2v) is 11.7. The third kappa shape index (κ3) is 7.32. The Balaban J connectivity index is 1.94. The second kappa shape index (κ2) is 10.2. The van der Waals surface area contributed by atoms with Crippen molar-refractivity contribution in [1.29, 1.82) is 0 Å². The summed E-state index contributed by atoms with van der Waals surface area (Å²) in [5.41, 5.74) is 0.893. The zero-order chi connectivity index (χ0) is 22.5. The van der Waals surface area contributed by atoms with Gasteiger partial charge in [0.1, 0.15) is 5.82 Å². The van der Waals surface area contributed by atoms with Crippen molar-refractivity contribution in [1.82, 2.24) is 14.5 Å². The second-order valence-electron chi connectivity index (χ2n) is 9.36. The topological polar surface area (TPSA) is 69.7 Å². The van der Waals surface area contributed by atoms with Crippen LogP contribution < -0.4 is 5.32 Å². The molecule has 1 unspecified atom stereocenters. The predicted molar refractivity (Wildman–Crippen MR) is 118 cm³/mol. The van der Waals surface area contributed by atoms with Gasteiger partial charge in [0, 0.05) is 26.2 Å². The first kappa shape index (κ1) is 24.8. The van der Waals surface area contributed by atoms with Gasteiger partial charge in [-0.2, -0.15) is 0 Å². The molecule has 8 heteroatoms. The molecule has 0 spiro atoms. The molecule has 30 heavy (non-hydrogen) atoms. The van der Waals surface area contributed by atoms with Crippen molar-refractivity contribution in [2.45, 2.75) is 59.0 Å². The molecule has 2 rings (SSSR count). The number of carbonyl (C=O) groups excluding carboxylic acids is 1. The maximum absolute atomic E-state index is 13.3. The Hall–Kier alpha value is -1.51. The van der Waals surface area contributed by atoms with Crippen LogP contribution in [0.4, 0.5) is 4.39 Å². The van der Waals surface area contributed by atoms with Crippen LogP contribution in [0.3, 0.4) is 0 Å². The van der Waals surface area contributed by atoms with Crippen molar-refractivity contribution in [3.05, 3.63) is 35.6 Å². The molecule has 0 aliphatic carbocycles. The third-order valence-electron chi connectivity index (χ3n) is 5.67. The average molecular weight is 442 g/mol. The molecule has 1 aromatic rings. The molecule has 0 saturated carbocycles. The lowest BCUT2D eigenvalue weighted by molar-refractivity contribution is -0.123. The van der Waals surface area contributed by atoms with Gasteiger partial charge in [0.25, 0.3) is 0 Å². The fraction of sp³-hybridized carbons (Fsp3) is 0.682. The van der Waals surface area contributed by atoms with Crippen molar-refractivity contribution in [3.63, 3.8) is 0 Å². The van der Waals surface area contributed by atoms with Crippen LogP contribution in [-0.4, -0.2) is 62.0 Å². The van der Waals surface area contributed by atoms with Crippen molar-refractivity contribution in [3.8, 4) is 0 Å². The molecule has 1 aliphatic rings. The summed E-state index contributed by atoms with van der Waals surface area (Å²) in [6.45, 7) is 9.63. The summed E-state index contributed by atoms with van der Waals surface area (Å²) < 4.78 is 38.9. The Labute approximate surface area is 180 Å². The monoisotopic (exact) mass is 441 g/mol. The van der Waals surface area contributed by atoms with E-state index in [0.717, 1.165) is 12.0 Å². The molecule has 6 nitrogen and oxygen atoms in total. The molecular formula is C22H36FN3O3S. The van der Waals surface area contributed by atoms with Crippen LogP contribution in [0.2, 0.25) is 0 Å². The van der Waals surface area contributed by atoms with Gasteiger partial charge in [0.15, 0.2) is 0 Å². The highest BCUT2D eigenvalue weighted by Gasteiger charge is 2.30. The van der Waals surface area contributed by atoms with E-state index >= 15 is 0 Å². The zero-order valence-electron chi connectivity index (χ0n) is 18.8. The van der Waals surface area contributed by atoms with E-state index in [0.29, 0.717) is 25.9 Å². The number of benzene rings is 1. The number of nitrogens with zero attached hydrogens (tertiary/aromatic N) is 2. The van der Waals surface area contributed by atoms with E-state index in [-0.39, 0.29) is 41.5 Å². The van der Waals surface area contributed by atoms with Crippen molar-refractivity contribution < 1.29 is 17.6 Å². The van der Waals surface area contributed by atoms with Gasteiger partial charge >= 0.3 is 0 Å². The first-order valence-electron chi connectivity index (χ1n) is 10.6. The maximum Gasteiger partial charge on any atom is 0.234 e. The van der Waals surface area contributed by atoms with Crippen molar-refractivity contribution in [2.75, 3.05) is 32.4 Å². The Morgan fingerprint density at radius 1 is 1.23 bits per heavy atom. The summed E-state index contributed by atoms with van der Waals surface area (Å²) in [7, 11) is -1.55. The van der Waals surface area contributed by atoms with Crippen LogP contribution >= 0.6 is 0 Å². The molecule has 1 atom stereocenters. The lowest BCUT2D eigenvalue weighted by Crippen LogP contribution is -2.48. The molecule has 0 radical (unpaired) electrons. The lowest BCUT2D eigenvalue weighted by Gasteiger charge is -2.36. The van der Waals surface area contributed by atoms with E-state index in [4.69, 9.17) is 0 Å². The van der Waals surface area contributed by atoms with Gasteiger partial charge in [0.2, 0.25) is 15.9 Å². The Bertz CT molecular complexity index is 798. The first-order valence-corrected chi connectivity index (χ1v) is 12.2. The minimum absolute atomic E-state index is 0.0000321. The maximum atomic E-state index is 13.3. The van der Waals surface area contributed by atoms with Gasteiger partial charge in [0.05, 0.1) is 18.3 Å². The molecule has 170 valence electrons. The summed E-state index contributed by atoms with van der Waals surface area (Å²) in [5.74, 6) is -0.260. The SMILES string of the molecule is CCS(=O)(=O)N(C)C1CCN(CC(=O)NC(CC(C)(C)C)c2ccc(F)cc2)CC1. The summed E-state index contributed by atoms with van der Waals surface area (Å²) in [4.78, 5) is 14.8. The minimum Gasteiger partial charge on any atom is -0.348 e. The molecule has 1 fully saturated rings. The van der Waals surface area contributed by atoms with Crippen LogP contribution in [0.15, 0.2) is 24.3 Å². The molecule has 1 N–H and O–H groups in total. The van der Waals surface area contributed by atoms with Gasteiger partial charge in [-0.15, -0.1) is 0 Å². The molecule has 1 aromatic carbocycles. The quantitative estimate of drug-likeness (QED) is 0.673. The number of piperidine rings is 1. The lowest BCUT2D eigenvalue weighted by atomic mass is 9.85. The summed E-state index contributed by atoms with van der Waals surface area (Å²) in [6.07, 6.45) is 2.17. The van der Waals surface area contributed by atoms with Gasteiger partial charge < -0.3 is 5.32 Å². The molecule has 1 heterocycles. The van der Waals surface area contributed by atoms with Crippen LogP contribution in [-0.2, 0) is 14.8 Å². The van der Waals surface area contributed by atoms with E-state index < -0.39 is 10.0 Å². The molecule has 0 bridgehead atoms. The largest absolute Gasteiger partial charge is 0.348 e. The Kier molecular flexibility index (Phi) is 8.42. The number of sulfonamides is 1. The smallest absolute Gasteiger partial charge is 0.234 e. The van der Waals surface area contributed by atoms with E-state index in [1.54, 1.807) is 26.1 Å². The summed E-state index contributed by atoms with van der Waals surface area (Å²) in [5, 5.41) is 3.11. The predicted octanol–water partition coefficient (Wildman–Crippen LogP) is 3.17. The highest BCUT2D eigenvalue weighted by atomic mass is 32.2. The van der Waals surface area contributed by atoms with Crippen LogP contribution in [0, 0.1) is 11.2 Å². The van der Waals surface area contributed by atoms with E-state index in [1.165, 1.54) is 16.4 Å². The van der Waals surface area contributed by atoms with Gasteiger partial charge in [-0.05, 0) is 49.3 Å². The molecule has 1 amide bonds. The van der Waals surface area contributed by atoms with Crippen LogP contribution in [0.25, 0.3) is 0 Å². The number of hydrogen-bond donors (Lipinski definition) is 1. The summed E-state index contributed by atoms with van der Waals surface area (Å²) in [6, 6.07) is 6.09.